The van der Waals surface area contributed by atoms with Crippen molar-refractivity contribution in [3.05, 3.63) is 0 Å². The average Bonchev–Trinajstić information content (AvgIpc) is 2.61. The molecule has 0 aromatic heterocycles. The maximum atomic E-state index is 2.48. The van der Waals surface area contributed by atoms with Crippen molar-refractivity contribution in [2.75, 3.05) is 0 Å². The second kappa shape index (κ2) is 4.94. The molecule has 2 saturated carbocycles. The van der Waals surface area contributed by atoms with Crippen LogP contribution in [0.3, 0.4) is 0 Å². The number of hydrogen-bond donors (Lipinski definition) is 0. The first-order chi connectivity index (χ1) is 7.88. The highest BCUT2D eigenvalue weighted by Gasteiger charge is 2.39. The van der Waals surface area contributed by atoms with Gasteiger partial charge < -0.3 is 0 Å². The van der Waals surface area contributed by atoms with E-state index < -0.39 is 0 Å². The largest absolute Gasteiger partial charge is 0.0625 e. The fourth-order valence-corrected chi connectivity index (χ4v) is 4.28. The summed E-state index contributed by atoms with van der Waals surface area (Å²) in [6.07, 6.45) is 9.01. The summed E-state index contributed by atoms with van der Waals surface area (Å²) in [5.74, 6) is 5.05. The Morgan fingerprint density at radius 2 is 1.71 bits per heavy atom. The Bertz CT molecular complexity index is 247. The Morgan fingerprint density at radius 3 is 2.06 bits per heavy atom. The Morgan fingerprint density at radius 1 is 1.00 bits per heavy atom. The molecule has 2 fully saturated rings. The van der Waals surface area contributed by atoms with Gasteiger partial charge in [-0.3, -0.25) is 0 Å². The van der Waals surface area contributed by atoms with E-state index in [1.54, 1.807) is 0 Å². The fraction of sp³-hybridized carbons (Fsp3) is 1.00. The lowest BCUT2D eigenvalue weighted by molar-refractivity contribution is 0.0709. The minimum Gasteiger partial charge on any atom is -0.0625 e. The average molecular weight is 236 g/mol. The highest BCUT2D eigenvalue weighted by Crippen LogP contribution is 2.49. The van der Waals surface area contributed by atoms with Gasteiger partial charge in [-0.25, -0.2) is 0 Å². The maximum Gasteiger partial charge on any atom is -0.0334 e. The van der Waals surface area contributed by atoms with Gasteiger partial charge in [-0.2, -0.15) is 0 Å². The van der Waals surface area contributed by atoms with E-state index in [2.05, 4.69) is 34.6 Å². The molecule has 0 aromatic rings. The Hall–Kier alpha value is 0. The normalized spacial score (nSPS) is 40.1. The number of hydrogen-bond acceptors (Lipinski definition) is 0. The summed E-state index contributed by atoms with van der Waals surface area (Å²) in [6, 6.07) is 0. The van der Waals surface area contributed by atoms with Gasteiger partial charge in [0.15, 0.2) is 0 Å². The lowest BCUT2D eigenvalue weighted by Gasteiger charge is -2.43. The minimum absolute atomic E-state index is 0.518. The lowest BCUT2D eigenvalue weighted by atomic mass is 9.62. The van der Waals surface area contributed by atoms with Crippen LogP contribution in [0, 0.1) is 35.0 Å². The van der Waals surface area contributed by atoms with Crippen LogP contribution >= 0.6 is 0 Å². The van der Waals surface area contributed by atoms with E-state index in [4.69, 9.17) is 0 Å². The Balaban J connectivity index is 1.98. The van der Waals surface area contributed by atoms with E-state index in [1.165, 1.54) is 38.5 Å². The molecule has 0 amide bonds. The standard InChI is InChI=1S/C17H32/c1-12-6-8-15(10-12)16(17(3,4)5)11-14-9-7-13(14)2/h12-16H,6-11H2,1-5H3. The Kier molecular flexibility index (Phi) is 3.90. The zero-order chi connectivity index (χ0) is 12.6. The van der Waals surface area contributed by atoms with Gasteiger partial charge in [-0.05, 0) is 60.7 Å². The molecule has 0 heterocycles. The maximum absolute atomic E-state index is 2.48. The van der Waals surface area contributed by atoms with E-state index in [-0.39, 0.29) is 0 Å². The van der Waals surface area contributed by atoms with Crippen LogP contribution in [0.25, 0.3) is 0 Å². The van der Waals surface area contributed by atoms with Gasteiger partial charge in [0.05, 0.1) is 0 Å². The predicted octanol–water partition coefficient (Wildman–Crippen LogP) is 5.52. The molecule has 2 aliphatic rings. The first-order valence-corrected chi connectivity index (χ1v) is 7.88. The van der Waals surface area contributed by atoms with E-state index >= 15 is 0 Å². The van der Waals surface area contributed by atoms with E-state index in [9.17, 15) is 0 Å². The smallest absolute Gasteiger partial charge is 0.0334 e. The van der Waals surface area contributed by atoms with E-state index in [0.29, 0.717) is 5.41 Å². The van der Waals surface area contributed by atoms with Crippen molar-refractivity contribution in [1.29, 1.82) is 0 Å². The molecule has 0 aromatic carbocycles. The molecule has 5 unspecified atom stereocenters. The van der Waals surface area contributed by atoms with Crippen LogP contribution in [0.2, 0.25) is 0 Å². The molecule has 2 aliphatic carbocycles. The summed E-state index contributed by atoms with van der Waals surface area (Å²) >= 11 is 0. The predicted molar refractivity (Wildman–Crippen MR) is 76.0 cm³/mol. The molecular formula is C17H32. The van der Waals surface area contributed by atoms with E-state index in [0.717, 1.165) is 29.6 Å². The third-order valence-electron chi connectivity index (χ3n) is 5.77. The van der Waals surface area contributed by atoms with Crippen LogP contribution in [0.5, 0.6) is 0 Å². The van der Waals surface area contributed by atoms with Crippen molar-refractivity contribution in [2.24, 2.45) is 35.0 Å². The van der Waals surface area contributed by atoms with Crippen molar-refractivity contribution < 1.29 is 0 Å². The topological polar surface area (TPSA) is 0 Å². The molecule has 0 radical (unpaired) electrons. The molecule has 100 valence electrons. The van der Waals surface area contributed by atoms with Crippen LogP contribution in [0.1, 0.15) is 73.1 Å². The van der Waals surface area contributed by atoms with Crippen LogP contribution in [0.4, 0.5) is 0 Å². The lowest BCUT2D eigenvalue weighted by Crippen LogP contribution is -2.34. The fourth-order valence-electron chi connectivity index (χ4n) is 4.28. The molecule has 0 saturated heterocycles. The summed E-state index contributed by atoms with van der Waals surface area (Å²) in [5.41, 5.74) is 0.518. The highest BCUT2D eigenvalue weighted by atomic mass is 14.4. The Labute approximate surface area is 109 Å². The molecule has 0 heteroatoms. The third kappa shape index (κ3) is 3.06. The van der Waals surface area contributed by atoms with Gasteiger partial charge in [0, 0.05) is 0 Å². The van der Waals surface area contributed by atoms with Crippen molar-refractivity contribution in [2.45, 2.75) is 73.1 Å². The van der Waals surface area contributed by atoms with Crippen molar-refractivity contribution in [3.8, 4) is 0 Å². The van der Waals surface area contributed by atoms with Crippen LogP contribution in [-0.2, 0) is 0 Å². The van der Waals surface area contributed by atoms with Gasteiger partial charge >= 0.3 is 0 Å². The number of rotatable bonds is 3. The molecule has 2 rings (SSSR count). The third-order valence-corrected chi connectivity index (χ3v) is 5.77. The van der Waals surface area contributed by atoms with Gasteiger partial charge in [0.2, 0.25) is 0 Å². The summed E-state index contributed by atoms with van der Waals surface area (Å²) in [6.45, 7) is 12.3. The first kappa shape index (κ1) is 13.4. The molecule has 0 spiro atoms. The molecule has 0 N–H and O–H groups in total. The van der Waals surface area contributed by atoms with Gasteiger partial charge in [-0.15, -0.1) is 0 Å². The monoisotopic (exact) mass is 236 g/mol. The molecular weight excluding hydrogens is 204 g/mol. The van der Waals surface area contributed by atoms with Gasteiger partial charge in [0.1, 0.15) is 0 Å². The van der Waals surface area contributed by atoms with Gasteiger partial charge in [-0.1, -0.05) is 47.5 Å². The van der Waals surface area contributed by atoms with Crippen molar-refractivity contribution in [1.82, 2.24) is 0 Å². The first-order valence-electron chi connectivity index (χ1n) is 7.88. The zero-order valence-electron chi connectivity index (χ0n) is 12.6. The minimum atomic E-state index is 0.518. The highest BCUT2D eigenvalue weighted by molar-refractivity contribution is 4.89. The SMILES string of the molecule is CC1CCC(C(CC2CCC2C)C(C)(C)C)C1. The summed E-state index contributed by atoms with van der Waals surface area (Å²) in [7, 11) is 0. The van der Waals surface area contributed by atoms with E-state index in [1.807, 2.05) is 0 Å². The van der Waals surface area contributed by atoms with Crippen molar-refractivity contribution in [3.63, 3.8) is 0 Å². The zero-order valence-corrected chi connectivity index (χ0v) is 12.6. The van der Waals surface area contributed by atoms with Crippen LogP contribution in [0.15, 0.2) is 0 Å². The molecule has 17 heavy (non-hydrogen) atoms. The summed E-state index contributed by atoms with van der Waals surface area (Å²) in [4.78, 5) is 0. The van der Waals surface area contributed by atoms with Crippen LogP contribution in [-0.4, -0.2) is 0 Å². The molecule has 0 nitrogen and oxygen atoms in total. The van der Waals surface area contributed by atoms with Crippen LogP contribution < -0.4 is 0 Å². The van der Waals surface area contributed by atoms with Crippen molar-refractivity contribution >= 4 is 0 Å². The quantitative estimate of drug-likeness (QED) is 0.605. The second-order valence-electron chi connectivity index (χ2n) is 8.20. The van der Waals surface area contributed by atoms with Gasteiger partial charge in [0.25, 0.3) is 0 Å². The summed E-state index contributed by atoms with van der Waals surface area (Å²) < 4.78 is 0. The molecule has 5 atom stereocenters. The molecule has 0 aliphatic heterocycles. The summed E-state index contributed by atoms with van der Waals surface area (Å²) in [5, 5.41) is 0. The molecule has 0 bridgehead atoms. The second-order valence-corrected chi connectivity index (χ2v) is 8.20.